The highest BCUT2D eigenvalue weighted by atomic mass is 16.6. The van der Waals surface area contributed by atoms with Crippen LogP contribution in [0.2, 0.25) is 0 Å². The molecular formula is C15H15N3O2. The van der Waals surface area contributed by atoms with Gasteiger partial charge in [-0.2, -0.15) is 0 Å². The van der Waals surface area contributed by atoms with Crippen LogP contribution in [0.1, 0.15) is 12.8 Å². The van der Waals surface area contributed by atoms with Crippen LogP contribution in [0, 0.1) is 16.0 Å². The molecule has 0 unspecified atom stereocenters. The van der Waals surface area contributed by atoms with E-state index in [1.165, 1.54) is 18.9 Å². The third-order valence-corrected chi connectivity index (χ3v) is 3.39. The van der Waals surface area contributed by atoms with Gasteiger partial charge in [0.15, 0.2) is 5.69 Å². The highest BCUT2D eigenvalue weighted by Gasteiger charge is 2.22. The minimum Gasteiger partial charge on any atom is -0.370 e. The van der Waals surface area contributed by atoms with Crippen molar-refractivity contribution in [2.45, 2.75) is 12.8 Å². The molecule has 1 aliphatic rings. The van der Waals surface area contributed by atoms with Gasteiger partial charge in [-0.05, 0) is 24.8 Å². The third kappa shape index (κ3) is 2.77. The minimum atomic E-state index is -0.389. The lowest BCUT2D eigenvalue weighted by Crippen LogP contribution is -2.06. The van der Waals surface area contributed by atoms with Gasteiger partial charge in [0.25, 0.3) is 5.69 Å². The van der Waals surface area contributed by atoms with Crippen molar-refractivity contribution in [3.05, 3.63) is 52.6 Å². The van der Waals surface area contributed by atoms with Crippen molar-refractivity contribution in [1.82, 2.24) is 4.98 Å². The Morgan fingerprint density at radius 1 is 1.20 bits per heavy atom. The van der Waals surface area contributed by atoms with Crippen molar-refractivity contribution in [3.63, 3.8) is 0 Å². The van der Waals surface area contributed by atoms with Crippen LogP contribution in [0.4, 0.5) is 11.5 Å². The number of nitrogens with zero attached hydrogens (tertiary/aromatic N) is 2. The molecule has 1 heterocycles. The van der Waals surface area contributed by atoms with E-state index in [0.29, 0.717) is 11.5 Å². The lowest BCUT2D eigenvalue weighted by molar-refractivity contribution is -0.384. The van der Waals surface area contributed by atoms with Crippen LogP contribution in [0.15, 0.2) is 42.5 Å². The fourth-order valence-corrected chi connectivity index (χ4v) is 2.08. The number of nitrogens with one attached hydrogen (secondary N) is 1. The number of pyridine rings is 1. The van der Waals surface area contributed by atoms with E-state index in [1.807, 2.05) is 30.3 Å². The van der Waals surface area contributed by atoms with Gasteiger partial charge in [0, 0.05) is 18.2 Å². The molecule has 1 saturated carbocycles. The Morgan fingerprint density at radius 3 is 2.60 bits per heavy atom. The summed E-state index contributed by atoms with van der Waals surface area (Å²) in [6.45, 7) is 0.888. The summed E-state index contributed by atoms with van der Waals surface area (Å²) < 4.78 is 0. The number of aromatic nitrogens is 1. The van der Waals surface area contributed by atoms with Crippen LogP contribution in [0.25, 0.3) is 11.3 Å². The monoisotopic (exact) mass is 269 g/mol. The smallest absolute Gasteiger partial charge is 0.295 e. The summed E-state index contributed by atoms with van der Waals surface area (Å²) >= 11 is 0. The molecule has 0 aliphatic heterocycles. The molecule has 0 bridgehead atoms. The van der Waals surface area contributed by atoms with Gasteiger partial charge in [0.05, 0.1) is 4.92 Å². The Labute approximate surface area is 116 Å². The summed E-state index contributed by atoms with van der Waals surface area (Å²) in [6, 6.07) is 12.4. The van der Waals surface area contributed by atoms with Crippen LogP contribution in [0.3, 0.4) is 0 Å². The Bertz CT molecular complexity index is 624. The number of rotatable bonds is 5. The molecule has 1 aromatic carbocycles. The van der Waals surface area contributed by atoms with Gasteiger partial charge in [-0.25, -0.2) is 4.98 Å². The highest BCUT2D eigenvalue weighted by molar-refractivity contribution is 5.71. The lowest BCUT2D eigenvalue weighted by Gasteiger charge is -2.07. The second-order valence-electron chi connectivity index (χ2n) is 5.01. The van der Waals surface area contributed by atoms with E-state index in [0.717, 1.165) is 18.0 Å². The summed E-state index contributed by atoms with van der Waals surface area (Å²) in [5.74, 6) is 1.42. The van der Waals surface area contributed by atoms with Crippen molar-refractivity contribution in [1.29, 1.82) is 0 Å². The first-order chi connectivity index (χ1) is 9.74. The fourth-order valence-electron chi connectivity index (χ4n) is 2.08. The maximum atomic E-state index is 11.1. The van der Waals surface area contributed by atoms with Crippen LogP contribution in [-0.4, -0.2) is 16.5 Å². The first-order valence-corrected chi connectivity index (χ1v) is 6.69. The average molecular weight is 269 g/mol. The zero-order valence-corrected chi connectivity index (χ0v) is 11.0. The van der Waals surface area contributed by atoms with Gasteiger partial charge in [0.1, 0.15) is 5.82 Å². The molecule has 1 N–H and O–H groups in total. The Hall–Kier alpha value is -2.43. The number of hydrogen-bond donors (Lipinski definition) is 1. The molecule has 0 spiro atoms. The molecule has 1 aliphatic carbocycles. The molecule has 1 aromatic heterocycles. The molecule has 20 heavy (non-hydrogen) atoms. The molecule has 1 fully saturated rings. The predicted octanol–water partition coefficient (Wildman–Crippen LogP) is 3.48. The van der Waals surface area contributed by atoms with Gasteiger partial charge < -0.3 is 5.32 Å². The normalized spacial score (nSPS) is 14.0. The molecule has 5 heteroatoms. The molecule has 0 saturated heterocycles. The Kier molecular flexibility index (Phi) is 3.33. The molecule has 3 rings (SSSR count). The summed E-state index contributed by atoms with van der Waals surface area (Å²) in [5.41, 5.74) is 1.21. The van der Waals surface area contributed by atoms with Crippen LogP contribution in [-0.2, 0) is 0 Å². The van der Waals surface area contributed by atoms with Gasteiger partial charge in [-0.3, -0.25) is 10.1 Å². The van der Waals surface area contributed by atoms with Crippen LogP contribution in [0.5, 0.6) is 0 Å². The van der Waals surface area contributed by atoms with E-state index in [9.17, 15) is 10.1 Å². The van der Waals surface area contributed by atoms with Crippen LogP contribution < -0.4 is 5.32 Å². The standard InChI is InChI=1S/C15H15N3O2/c19-18(20)13-8-9-14(16-10-11-6-7-11)17-15(13)12-4-2-1-3-5-12/h1-5,8-9,11H,6-7,10H2,(H,16,17). The molecule has 102 valence electrons. The first-order valence-electron chi connectivity index (χ1n) is 6.69. The van der Waals surface area contributed by atoms with E-state index >= 15 is 0 Å². The summed E-state index contributed by atoms with van der Waals surface area (Å²) in [7, 11) is 0. The number of hydrogen-bond acceptors (Lipinski definition) is 4. The molecule has 0 radical (unpaired) electrons. The molecule has 5 nitrogen and oxygen atoms in total. The van der Waals surface area contributed by atoms with Crippen molar-refractivity contribution in [2.75, 3.05) is 11.9 Å². The van der Waals surface area contributed by atoms with Gasteiger partial charge in [0.2, 0.25) is 0 Å². The lowest BCUT2D eigenvalue weighted by atomic mass is 10.1. The second-order valence-corrected chi connectivity index (χ2v) is 5.01. The van der Waals surface area contributed by atoms with Crippen LogP contribution >= 0.6 is 0 Å². The van der Waals surface area contributed by atoms with E-state index < -0.39 is 0 Å². The van der Waals surface area contributed by atoms with Crippen molar-refractivity contribution in [2.24, 2.45) is 5.92 Å². The van der Waals surface area contributed by atoms with Crippen molar-refractivity contribution >= 4 is 11.5 Å². The van der Waals surface area contributed by atoms with E-state index in [4.69, 9.17) is 0 Å². The zero-order chi connectivity index (χ0) is 13.9. The average Bonchev–Trinajstić information content (AvgIpc) is 3.30. The Morgan fingerprint density at radius 2 is 1.95 bits per heavy atom. The quantitative estimate of drug-likeness (QED) is 0.666. The molecular weight excluding hydrogens is 254 g/mol. The van der Waals surface area contributed by atoms with Crippen molar-refractivity contribution < 1.29 is 4.92 Å². The summed E-state index contributed by atoms with van der Waals surface area (Å²) in [5, 5.41) is 14.4. The Balaban J connectivity index is 1.94. The van der Waals surface area contributed by atoms with Crippen molar-refractivity contribution in [3.8, 4) is 11.3 Å². The fraction of sp³-hybridized carbons (Fsp3) is 0.267. The minimum absolute atomic E-state index is 0.0353. The zero-order valence-electron chi connectivity index (χ0n) is 11.0. The van der Waals surface area contributed by atoms with Gasteiger partial charge in [-0.15, -0.1) is 0 Å². The highest BCUT2D eigenvalue weighted by Crippen LogP contribution is 2.31. The van der Waals surface area contributed by atoms with Gasteiger partial charge >= 0.3 is 0 Å². The maximum Gasteiger partial charge on any atom is 0.295 e. The summed E-state index contributed by atoms with van der Waals surface area (Å²) in [6.07, 6.45) is 2.51. The molecule has 0 amide bonds. The SMILES string of the molecule is O=[N+]([O-])c1ccc(NCC2CC2)nc1-c1ccccc1. The number of anilines is 1. The molecule has 2 aromatic rings. The maximum absolute atomic E-state index is 11.1. The topological polar surface area (TPSA) is 68.1 Å². The third-order valence-electron chi connectivity index (χ3n) is 3.39. The number of benzene rings is 1. The first kappa shape index (κ1) is 12.6. The number of nitro groups is 1. The predicted molar refractivity (Wildman–Crippen MR) is 77.5 cm³/mol. The van der Waals surface area contributed by atoms with E-state index in [1.54, 1.807) is 6.07 Å². The summed E-state index contributed by atoms with van der Waals surface area (Å²) in [4.78, 5) is 15.1. The molecule has 0 atom stereocenters. The van der Waals surface area contributed by atoms with E-state index in [-0.39, 0.29) is 10.6 Å². The van der Waals surface area contributed by atoms with E-state index in [2.05, 4.69) is 10.3 Å². The second kappa shape index (κ2) is 5.28. The largest absolute Gasteiger partial charge is 0.370 e. The van der Waals surface area contributed by atoms with Gasteiger partial charge in [-0.1, -0.05) is 30.3 Å².